The van der Waals surface area contributed by atoms with Crippen LogP contribution in [0.2, 0.25) is 0 Å². The quantitative estimate of drug-likeness (QED) is 0.754. The highest BCUT2D eigenvalue weighted by Gasteiger charge is 2.39. The summed E-state index contributed by atoms with van der Waals surface area (Å²) in [5, 5.41) is 14.8. The van der Waals surface area contributed by atoms with Crippen LogP contribution in [0.25, 0.3) is 0 Å². The topological polar surface area (TPSA) is 68.0 Å². The maximum atomic E-state index is 12.4. The molecular weight excluding hydrogens is 215 g/mol. The van der Waals surface area contributed by atoms with Gasteiger partial charge in [-0.3, -0.25) is 4.79 Å². The van der Waals surface area contributed by atoms with Crippen molar-refractivity contribution in [3.05, 3.63) is 11.4 Å². The van der Waals surface area contributed by atoms with Crippen molar-refractivity contribution in [1.82, 2.24) is 15.0 Å². The highest BCUT2D eigenvalue weighted by atomic mass is 19.4. The zero-order valence-corrected chi connectivity index (χ0v) is 7.53. The van der Waals surface area contributed by atoms with Gasteiger partial charge in [0.1, 0.15) is 0 Å². The Morgan fingerprint density at radius 1 is 1.47 bits per heavy atom. The summed E-state index contributed by atoms with van der Waals surface area (Å²) < 4.78 is 37.9. The molecule has 0 atom stereocenters. The molecule has 0 radical (unpaired) electrons. The van der Waals surface area contributed by atoms with E-state index in [4.69, 9.17) is 5.11 Å². The fourth-order valence-electron chi connectivity index (χ4n) is 1.07. The van der Waals surface area contributed by atoms with Crippen LogP contribution < -0.4 is 0 Å². The molecule has 1 heterocycles. The van der Waals surface area contributed by atoms with Crippen LogP contribution in [0.4, 0.5) is 13.2 Å². The molecular formula is C7H8F3N3O2. The van der Waals surface area contributed by atoms with Gasteiger partial charge in [-0.15, -0.1) is 5.10 Å². The predicted molar refractivity (Wildman–Crippen MR) is 42.1 cm³/mol. The molecule has 1 aromatic heterocycles. The molecule has 84 valence electrons. The van der Waals surface area contributed by atoms with E-state index in [0.717, 1.165) is 0 Å². The summed E-state index contributed by atoms with van der Waals surface area (Å²) in [5.74, 6) is 0. The second-order valence-corrected chi connectivity index (χ2v) is 2.74. The van der Waals surface area contributed by atoms with Crippen LogP contribution in [0, 0.1) is 0 Å². The van der Waals surface area contributed by atoms with E-state index in [-0.39, 0.29) is 25.9 Å². The molecule has 1 aromatic rings. The number of hydrogen-bond acceptors (Lipinski definition) is 4. The molecule has 0 aliphatic heterocycles. The Morgan fingerprint density at radius 2 is 2.13 bits per heavy atom. The third-order valence-corrected chi connectivity index (χ3v) is 1.67. The number of aromatic nitrogens is 3. The zero-order chi connectivity index (χ0) is 11.5. The summed E-state index contributed by atoms with van der Waals surface area (Å²) >= 11 is 0. The SMILES string of the molecule is O=Cc1nnn(CCCO)c1C(F)(F)F. The van der Waals surface area contributed by atoms with Gasteiger partial charge in [0.15, 0.2) is 17.7 Å². The van der Waals surface area contributed by atoms with Crippen LogP contribution in [0.5, 0.6) is 0 Å². The summed E-state index contributed by atoms with van der Waals surface area (Å²) in [6, 6.07) is 0. The fraction of sp³-hybridized carbons (Fsp3) is 0.571. The maximum absolute atomic E-state index is 12.4. The Kier molecular flexibility index (Phi) is 3.40. The molecule has 0 aliphatic rings. The molecule has 0 unspecified atom stereocenters. The molecule has 15 heavy (non-hydrogen) atoms. The lowest BCUT2D eigenvalue weighted by molar-refractivity contribution is -0.144. The molecule has 0 aromatic carbocycles. The number of aliphatic hydroxyl groups is 1. The molecule has 1 N–H and O–H groups in total. The second kappa shape index (κ2) is 4.39. The van der Waals surface area contributed by atoms with Crippen LogP contribution in [-0.2, 0) is 12.7 Å². The molecule has 0 amide bonds. The largest absolute Gasteiger partial charge is 0.435 e. The summed E-state index contributed by atoms with van der Waals surface area (Å²) in [4.78, 5) is 10.3. The van der Waals surface area contributed by atoms with E-state index in [1.54, 1.807) is 0 Å². The Morgan fingerprint density at radius 3 is 2.60 bits per heavy atom. The van der Waals surface area contributed by atoms with Gasteiger partial charge in [0.25, 0.3) is 0 Å². The van der Waals surface area contributed by atoms with E-state index >= 15 is 0 Å². The third-order valence-electron chi connectivity index (χ3n) is 1.67. The van der Waals surface area contributed by atoms with Crippen LogP contribution in [0.1, 0.15) is 22.6 Å². The highest BCUT2D eigenvalue weighted by Crippen LogP contribution is 2.30. The van der Waals surface area contributed by atoms with Gasteiger partial charge in [0.05, 0.1) is 0 Å². The minimum atomic E-state index is -4.67. The number of alkyl halides is 3. The van der Waals surface area contributed by atoms with Crippen molar-refractivity contribution in [1.29, 1.82) is 0 Å². The van der Waals surface area contributed by atoms with Crippen molar-refractivity contribution in [2.24, 2.45) is 0 Å². The summed E-state index contributed by atoms with van der Waals surface area (Å²) in [5.41, 5.74) is -1.91. The normalized spacial score (nSPS) is 11.7. The van der Waals surface area contributed by atoms with Crippen molar-refractivity contribution < 1.29 is 23.1 Å². The van der Waals surface area contributed by atoms with Crippen molar-refractivity contribution in [3.8, 4) is 0 Å². The molecule has 0 spiro atoms. The predicted octanol–water partition coefficient (Wildman–Crippen LogP) is 0.492. The van der Waals surface area contributed by atoms with Gasteiger partial charge < -0.3 is 5.11 Å². The van der Waals surface area contributed by atoms with Crippen molar-refractivity contribution >= 4 is 6.29 Å². The number of aryl methyl sites for hydroxylation is 1. The van der Waals surface area contributed by atoms with E-state index in [0.29, 0.717) is 4.68 Å². The van der Waals surface area contributed by atoms with Crippen molar-refractivity contribution in [2.75, 3.05) is 6.61 Å². The summed E-state index contributed by atoms with van der Waals surface area (Å²) in [6.07, 6.45) is -4.55. The standard InChI is InChI=1S/C7H8F3N3O2/c8-7(9,10)6-5(4-15)11-12-13(6)2-1-3-14/h4,14H,1-3H2. The first-order chi connectivity index (χ1) is 7.00. The third kappa shape index (κ3) is 2.52. The number of hydrogen-bond donors (Lipinski definition) is 1. The summed E-state index contributed by atoms with van der Waals surface area (Å²) in [6.45, 7) is -0.389. The van der Waals surface area contributed by atoms with Gasteiger partial charge in [-0.2, -0.15) is 13.2 Å². The van der Waals surface area contributed by atoms with E-state index in [1.807, 2.05) is 0 Å². The lowest BCUT2D eigenvalue weighted by Crippen LogP contribution is -2.17. The number of aldehydes is 1. The fourth-order valence-corrected chi connectivity index (χ4v) is 1.07. The minimum Gasteiger partial charge on any atom is -0.396 e. The molecule has 5 nitrogen and oxygen atoms in total. The van der Waals surface area contributed by atoms with E-state index < -0.39 is 17.6 Å². The van der Waals surface area contributed by atoms with Crippen LogP contribution >= 0.6 is 0 Å². The molecule has 8 heteroatoms. The number of carbonyl (C=O) groups is 1. The van der Waals surface area contributed by atoms with E-state index in [2.05, 4.69) is 10.3 Å². The highest BCUT2D eigenvalue weighted by molar-refractivity contribution is 5.73. The number of rotatable bonds is 4. The number of nitrogens with zero attached hydrogens (tertiary/aromatic N) is 3. The van der Waals surface area contributed by atoms with Crippen molar-refractivity contribution in [3.63, 3.8) is 0 Å². The zero-order valence-electron chi connectivity index (χ0n) is 7.53. The smallest absolute Gasteiger partial charge is 0.396 e. The minimum absolute atomic E-state index is 0.00523. The molecule has 1 rings (SSSR count). The second-order valence-electron chi connectivity index (χ2n) is 2.74. The van der Waals surface area contributed by atoms with E-state index in [1.165, 1.54) is 0 Å². The average molecular weight is 223 g/mol. The van der Waals surface area contributed by atoms with Crippen LogP contribution in [-0.4, -0.2) is 33.0 Å². The first-order valence-corrected chi connectivity index (χ1v) is 4.07. The van der Waals surface area contributed by atoms with Gasteiger partial charge in [0.2, 0.25) is 0 Å². The van der Waals surface area contributed by atoms with Gasteiger partial charge in [-0.25, -0.2) is 4.68 Å². The number of halogens is 3. The number of aliphatic hydroxyl groups excluding tert-OH is 1. The average Bonchev–Trinajstić information content (AvgIpc) is 2.56. The van der Waals surface area contributed by atoms with Gasteiger partial charge in [-0.1, -0.05) is 5.21 Å². The molecule has 0 saturated heterocycles. The number of carbonyl (C=O) groups excluding carboxylic acids is 1. The molecule has 0 aliphatic carbocycles. The van der Waals surface area contributed by atoms with Crippen LogP contribution in [0.15, 0.2) is 0 Å². The molecule has 0 fully saturated rings. The summed E-state index contributed by atoms with van der Waals surface area (Å²) in [7, 11) is 0. The molecule has 0 bridgehead atoms. The lowest BCUT2D eigenvalue weighted by atomic mass is 10.3. The lowest BCUT2D eigenvalue weighted by Gasteiger charge is -2.08. The first-order valence-electron chi connectivity index (χ1n) is 4.07. The van der Waals surface area contributed by atoms with Gasteiger partial charge in [-0.05, 0) is 6.42 Å². The first kappa shape index (κ1) is 11.6. The Balaban J connectivity index is 3.06. The Bertz CT molecular complexity index is 348. The van der Waals surface area contributed by atoms with Crippen molar-refractivity contribution in [2.45, 2.75) is 19.1 Å². The Hall–Kier alpha value is -1.44. The van der Waals surface area contributed by atoms with Crippen LogP contribution in [0.3, 0.4) is 0 Å². The van der Waals surface area contributed by atoms with E-state index in [9.17, 15) is 18.0 Å². The monoisotopic (exact) mass is 223 g/mol. The molecule has 0 saturated carbocycles. The van der Waals surface area contributed by atoms with Gasteiger partial charge in [0, 0.05) is 13.2 Å². The Labute approximate surface area is 82.5 Å². The van der Waals surface area contributed by atoms with Gasteiger partial charge >= 0.3 is 6.18 Å². The maximum Gasteiger partial charge on any atom is 0.435 e.